The van der Waals surface area contributed by atoms with E-state index >= 15 is 0 Å². The third-order valence-electron chi connectivity index (χ3n) is 6.85. The summed E-state index contributed by atoms with van der Waals surface area (Å²) in [5, 5.41) is 7.41. The molecule has 1 aliphatic rings. The zero-order valence-electron chi connectivity index (χ0n) is 20.8. The molecule has 0 spiro atoms. The maximum absolute atomic E-state index is 13.1. The maximum Gasteiger partial charge on any atom is 0.294 e. The van der Waals surface area contributed by atoms with Crippen LogP contribution in [0.25, 0.3) is 10.9 Å². The number of rotatable bonds is 9. The quantitative estimate of drug-likeness (QED) is 0.423. The number of anilines is 1. The number of fused-ring (bicyclic) bond motifs is 1. The van der Waals surface area contributed by atoms with Crippen molar-refractivity contribution in [3.8, 4) is 0 Å². The van der Waals surface area contributed by atoms with Crippen molar-refractivity contribution in [3.63, 3.8) is 0 Å². The van der Waals surface area contributed by atoms with Gasteiger partial charge in [0, 0.05) is 54.3 Å². The van der Waals surface area contributed by atoms with Gasteiger partial charge in [0.25, 0.3) is 5.56 Å². The Morgan fingerprint density at radius 3 is 2.74 bits per heavy atom. The van der Waals surface area contributed by atoms with E-state index in [4.69, 9.17) is 0 Å². The molecule has 1 fully saturated rings. The lowest BCUT2D eigenvalue weighted by molar-refractivity contribution is -0.916. The van der Waals surface area contributed by atoms with Crippen molar-refractivity contribution in [2.45, 2.75) is 53.6 Å². The summed E-state index contributed by atoms with van der Waals surface area (Å²) in [6.07, 6.45) is 6.08. The Hall–Kier alpha value is -3.13. The van der Waals surface area contributed by atoms with Crippen LogP contribution >= 0.6 is 0 Å². The lowest BCUT2D eigenvalue weighted by atomic mass is 10.1. The number of nitrogens with one attached hydrogen (secondary N) is 3. The van der Waals surface area contributed by atoms with Gasteiger partial charge >= 0.3 is 0 Å². The van der Waals surface area contributed by atoms with Crippen LogP contribution in [-0.4, -0.2) is 51.2 Å². The van der Waals surface area contributed by atoms with Crippen LogP contribution < -0.4 is 16.2 Å². The summed E-state index contributed by atoms with van der Waals surface area (Å²) < 4.78 is 2.47. The van der Waals surface area contributed by atoms with Gasteiger partial charge in [-0.25, -0.2) is 4.98 Å². The number of aryl methyl sites for hydroxylation is 2. The monoisotopic (exact) mass is 465 g/mol. The third-order valence-corrected chi connectivity index (χ3v) is 6.85. The number of aromatic nitrogens is 3. The average Bonchev–Trinajstić information content (AvgIpc) is 3.41. The predicted octanol–water partition coefficient (Wildman–Crippen LogP) is 3.29. The molecule has 0 bridgehead atoms. The second kappa shape index (κ2) is 10.0. The number of likely N-dealkylation sites (tertiary alicyclic amines) is 1. The molecule has 1 aromatic carbocycles. The van der Waals surface area contributed by atoms with E-state index in [1.54, 1.807) is 13.1 Å². The normalized spacial score (nSPS) is 15.2. The second-order valence-electron chi connectivity index (χ2n) is 10.2. The molecule has 3 heterocycles. The largest absolute Gasteiger partial charge is 0.361 e. The number of hydrogen-bond acceptors (Lipinski definition) is 4. The van der Waals surface area contributed by atoms with E-state index in [9.17, 15) is 9.59 Å². The van der Waals surface area contributed by atoms with Crippen LogP contribution in [0.5, 0.6) is 0 Å². The van der Waals surface area contributed by atoms with E-state index in [-0.39, 0.29) is 18.0 Å². The standard InChI is InChI=1S/C26H36N6O2/c1-18(2)16-32(9-5-6-10-32)17-30-25-26(34)31(20(4)13-29-25)15-24(33)28-14-21-7-8-23-22(11-21)19(3)12-27-23/h7-8,11-13,18,27H,5-6,9-10,14-17H2,1-4H3,(H-,28,29,30,33)/p+1. The van der Waals surface area contributed by atoms with Gasteiger partial charge in [-0.2, -0.15) is 0 Å². The Bertz CT molecular complexity index is 1220. The fraction of sp³-hybridized carbons (Fsp3) is 0.500. The van der Waals surface area contributed by atoms with Crippen LogP contribution in [0.3, 0.4) is 0 Å². The van der Waals surface area contributed by atoms with E-state index < -0.39 is 0 Å². The van der Waals surface area contributed by atoms with Crippen molar-refractivity contribution in [2.24, 2.45) is 5.92 Å². The van der Waals surface area contributed by atoms with E-state index in [1.165, 1.54) is 23.0 Å². The lowest BCUT2D eigenvalue weighted by Gasteiger charge is -2.35. The molecular formula is C26H37N6O2+. The molecule has 0 atom stereocenters. The average molecular weight is 466 g/mol. The molecule has 3 N–H and O–H groups in total. The third kappa shape index (κ3) is 5.33. The highest BCUT2D eigenvalue weighted by molar-refractivity contribution is 5.83. The minimum atomic E-state index is -0.249. The van der Waals surface area contributed by atoms with Crippen LogP contribution in [-0.2, 0) is 17.9 Å². The summed E-state index contributed by atoms with van der Waals surface area (Å²) in [7, 11) is 0. The van der Waals surface area contributed by atoms with Crippen molar-refractivity contribution in [1.29, 1.82) is 0 Å². The number of quaternary nitrogens is 1. The van der Waals surface area contributed by atoms with Crippen LogP contribution in [0.4, 0.5) is 5.82 Å². The minimum absolute atomic E-state index is 0.0285. The van der Waals surface area contributed by atoms with E-state index in [1.807, 2.05) is 18.3 Å². The highest BCUT2D eigenvalue weighted by atomic mass is 16.2. The molecule has 0 unspecified atom stereocenters. The van der Waals surface area contributed by atoms with Crippen molar-refractivity contribution in [1.82, 2.24) is 19.9 Å². The first kappa shape index (κ1) is 24.0. The number of carbonyl (C=O) groups excluding carboxylic acids is 1. The van der Waals surface area contributed by atoms with E-state index in [2.05, 4.69) is 47.4 Å². The molecule has 0 aliphatic carbocycles. The number of aromatic amines is 1. The number of nitrogens with zero attached hydrogens (tertiary/aromatic N) is 3. The zero-order valence-corrected chi connectivity index (χ0v) is 20.8. The Labute approximate surface area is 201 Å². The topological polar surface area (TPSA) is 91.8 Å². The number of carbonyl (C=O) groups is 1. The zero-order chi connectivity index (χ0) is 24.3. The van der Waals surface area contributed by atoms with Crippen LogP contribution in [0.2, 0.25) is 0 Å². The van der Waals surface area contributed by atoms with Gasteiger partial charge < -0.3 is 20.1 Å². The Morgan fingerprint density at radius 2 is 2.00 bits per heavy atom. The summed E-state index contributed by atoms with van der Waals surface area (Å²) in [6.45, 7) is 12.8. The van der Waals surface area contributed by atoms with Crippen molar-refractivity contribution in [2.75, 3.05) is 31.6 Å². The Morgan fingerprint density at radius 1 is 1.24 bits per heavy atom. The molecule has 182 valence electrons. The minimum Gasteiger partial charge on any atom is -0.361 e. The smallest absolute Gasteiger partial charge is 0.294 e. The molecule has 1 saturated heterocycles. The maximum atomic E-state index is 13.1. The van der Waals surface area contributed by atoms with Gasteiger partial charge in [-0.15, -0.1) is 0 Å². The Balaban J connectivity index is 1.41. The molecule has 1 aliphatic heterocycles. The van der Waals surface area contributed by atoms with Crippen molar-refractivity contribution >= 4 is 22.6 Å². The van der Waals surface area contributed by atoms with Crippen LogP contribution in [0.15, 0.2) is 35.4 Å². The van der Waals surface area contributed by atoms with Crippen molar-refractivity contribution < 1.29 is 9.28 Å². The SMILES string of the molecule is Cc1c[nH]c2ccc(CNC(=O)Cn3c(C)cnc(NC[N+]4(CC(C)C)CCCC4)c3=O)cc12. The summed E-state index contributed by atoms with van der Waals surface area (Å²) in [5.74, 6) is 0.712. The van der Waals surface area contributed by atoms with Gasteiger partial charge in [0.05, 0.1) is 19.6 Å². The molecular weight excluding hydrogens is 428 g/mol. The summed E-state index contributed by atoms with van der Waals surface area (Å²) in [5.41, 5.74) is 3.70. The Kier molecular flexibility index (Phi) is 7.07. The fourth-order valence-corrected chi connectivity index (χ4v) is 5.13. The molecule has 4 rings (SSSR count). The highest BCUT2D eigenvalue weighted by Gasteiger charge is 2.32. The number of hydrogen-bond donors (Lipinski definition) is 3. The molecule has 0 saturated carbocycles. The van der Waals surface area contributed by atoms with Gasteiger partial charge in [0.15, 0.2) is 12.5 Å². The first-order valence-electron chi connectivity index (χ1n) is 12.2. The number of benzene rings is 1. The van der Waals surface area contributed by atoms with Crippen LogP contribution in [0.1, 0.15) is 43.5 Å². The summed E-state index contributed by atoms with van der Waals surface area (Å²) in [4.78, 5) is 33.4. The molecule has 1 amide bonds. The predicted molar refractivity (Wildman–Crippen MR) is 136 cm³/mol. The lowest BCUT2D eigenvalue weighted by Crippen LogP contribution is -2.51. The van der Waals surface area contributed by atoms with Gasteiger partial charge in [-0.05, 0) is 37.1 Å². The molecule has 0 radical (unpaired) electrons. The van der Waals surface area contributed by atoms with Crippen molar-refractivity contribution in [3.05, 3.63) is 57.8 Å². The van der Waals surface area contributed by atoms with Crippen LogP contribution in [0, 0.1) is 19.8 Å². The highest BCUT2D eigenvalue weighted by Crippen LogP contribution is 2.22. The number of amides is 1. The fourth-order valence-electron chi connectivity index (χ4n) is 5.13. The summed E-state index contributed by atoms with van der Waals surface area (Å²) >= 11 is 0. The first-order chi connectivity index (χ1) is 16.3. The first-order valence-corrected chi connectivity index (χ1v) is 12.2. The van der Waals surface area contributed by atoms with Gasteiger partial charge in [0.1, 0.15) is 6.54 Å². The number of H-pyrrole nitrogens is 1. The molecule has 3 aromatic rings. The van der Waals surface area contributed by atoms with Gasteiger partial charge in [-0.3, -0.25) is 14.2 Å². The second-order valence-corrected chi connectivity index (χ2v) is 10.2. The van der Waals surface area contributed by atoms with E-state index in [0.29, 0.717) is 30.6 Å². The molecule has 8 heteroatoms. The molecule has 2 aromatic heterocycles. The molecule has 34 heavy (non-hydrogen) atoms. The van der Waals surface area contributed by atoms with E-state index in [0.717, 1.165) is 40.6 Å². The van der Waals surface area contributed by atoms with Gasteiger partial charge in [-0.1, -0.05) is 19.9 Å². The molecule has 8 nitrogen and oxygen atoms in total. The summed E-state index contributed by atoms with van der Waals surface area (Å²) in [6, 6.07) is 6.11. The van der Waals surface area contributed by atoms with Gasteiger partial charge in [0.2, 0.25) is 5.91 Å².